The van der Waals surface area contributed by atoms with Gasteiger partial charge in [-0.05, 0) is 37.0 Å². The quantitative estimate of drug-likeness (QED) is 0.845. The molecule has 22 heavy (non-hydrogen) atoms. The van der Waals surface area contributed by atoms with Gasteiger partial charge in [0.15, 0.2) is 0 Å². The largest absolute Gasteiger partial charge is 0.465 e. The summed E-state index contributed by atoms with van der Waals surface area (Å²) in [5, 5.41) is 3.38. The summed E-state index contributed by atoms with van der Waals surface area (Å²) < 4.78 is 19.1. The third kappa shape index (κ3) is 1.99. The zero-order valence-electron chi connectivity index (χ0n) is 12.8. The number of benzene rings is 1. The van der Waals surface area contributed by atoms with Crippen LogP contribution in [0.15, 0.2) is 12.1 Å². The Morgan fingerprint density at radius 3 is 2.86 bits per heavy atom. The molecule has 2 fully saturated rings. The zero-order chi connectivity index (χ0) is 15.3. The fourth-order valence-electron chi connectivity index (χ4n) is 4.25. The van der Waals surface area contributed by atoms with Crippen molar-refractivity contribution in [1.82, 2.24) is 10.2 Å². The minimum atomic E-state index is -0.470. The predicted molar refractivity (Wildman–Crippen MR) is 80.2 cm³/mol. The van der Waals surface area contributed by atoms with Gasteiger partial charge >= 0.3 is 5.97 Å². The van der Waals surface area contributed by atoms with Crippen molar-refractivity contribution in [3.63, 3.8) is 0 Å². The number of rotatable bonds is 2. The van der Waals surface area contributed by atoms with Gasteiger partial charge in [-0.15, -0.1) is 0 Å². The summed E-state index contributed by atoms with van der Waals surface area (Å²) in [6.07, 6.45) is 3.31. The minimum Gasteiger partial charge on any atom is -0.465 e. The monoisotopic (exact) mass is 304 g/mol. The van der Waals surface area contributed by atoms with Gasteiger partial charge in [0.25, 0.3) is 0 Å². The van der Waals surface area contributed by atoms with E-state index in [4.69, 9.17) is 4.74 Å². The molecule has 4 nitrogen and oxygen atoms in total. The fourth-order valence-corrected chi connectivity index (χ4v) is 4.25. The first kappa shape index (κ1) is 14.2. The van der Waals surface area contributed by atoms with Crippen molar-refractivity contribution in [3.05, 3.63) is 34.6 Å². The standard InChI is InChI=1S/C17H21FN2O2/c1-22-16(21)12-6-11-3-5-20(8-13(11)14(18)7-12)15-2-4-17(15)9-19-10-17/h6-7,15,19H,2-5,8-10H2,1H3. The third-order valence-electron chi connectivity index (χ3n) is 5.76. The number of nitrogens with one attached hydrogen (secondary N) is 1. The fraction of sp³-hybridized carbons (Fsp3) is 0.588. The van der Waals surface area contributed by atoms with E-state index < -0.39 is 5.97 Å². The van der Waals surface area contributed by atoms with E-state index in [9.17, 15) is 9.18 Å². The van der Waals surface area contributed by atoms with E-state index >= 15 is 0 Å². The van der Waals surface area contributed by atoms with Crippen molar-refractivity contribution in [2.75, 3.05) is 26.7 Å². The van der Waals surface area contributed by atoms with Gasteiger partial charge in [0.1, 0.15) is 5.82 Å². The summed E-state index contributed by atoms with van der Waals surface area (Å²) in [5.41, 5.74) is 2.47. The average molecular weight is 304 g/mol. The molecule has 4 rings (SSSR count). The first-order chi connectivity index (χ1) is 10.6. The number of hydrogen-bond acceptors (Lipinski definition) is 4. The Morgan fingerprint density at radius 2 is 2.27 bits per heavy atom. The highest BCUT2D eigenvalue weighted by atomic mass is 19.1. The number of halogens is 1. The molecule has 3 aliphatic rings. The van der Waals surface area contributed by atoms with Crippen molar-refractivity contribution in [2.24, 2.45) is 5.41 Å². The predicted octanol–water partition coefficient (Wildman–Crippen LogP) is 1.72. The van der Waals surface area contributed by atoms with Gasteiger partial charge in [-0.2, -0.15) is 0 Å². The molecule has 1 spiro atoms. The molecule has 2 aliphatic heterocycles. The number of ether oxygens (including phenoxy) is 1. The first-order valence-corrected chi connectivity index (χ1v) is 7.97. The van der Waals surface area contributed by atoms with Gasteiger partial charge in [0.05, 0.1) is 12.7 Å². The Morgan fingerprint density at radius 1 is 1.45 bits per heavy atom. The topological polar surface area (TPSA) is 41.6 Å². The Kier molecular flexibility index (Phi) is 3.24. The molecular weight excluding hydrogens is 283 g/mol. The molecule has 1 atom stereocenters. The van der Waals surface area contributed by atoms with E-state index in [2.05, 4.69) is 10.2 Å². The summed E-state index contributed by atoms with van der Waals surface area (Å²) in [4.78, 5) is 14.0. The van der Waals surface area contributed by atoms with Crippen LogP contribution in [0.3, 0.4) is 0 Å². The second kappa shape index (κ2) is 5.03. The van der Waals surface area contributed by atoms with Crippen LogP contribution in [0, 0.1) is 11.2 Å². The van der Waals surface area contributed by atoms with Crippen LogP contribution < -0.4 is 5.32 Å². The number of esters is 1. The molecular formula is C17H21FN2O2. The lowest BCUT2D eigenvalue weighted by atomic mass is 9.59. The van der Waals surface area contributed by atoms with E-state index in [1.807, 2.05) is 0 Å². The molecule has 118 valence electrons. The number of methoxy groups -OCH3 is 1. The molecule has 2 heterocycles. The van der Waals surface area contributed by atoms with Gasteiger partial charge in [-0.25, -0.2) is 9.18 Å². The van der Waals surface area contributed by atoms with E-state index in [1.54, 1.807) is 6.07 Å². The maximum atomic E-state index is 14.4. The molecule has 1 aromatic carbocycles. The molecule has 1 saturated heterocycles. The lowest BCUT2D eigenvalue weighted by molar-refractivity contribution is -0.0694. The smallest absolute Gasteiger partial charge is 0.337 e. The number of fused-ring (bicyclic) bond motifs is 1. The highest BCUT2D eigenvalue weighted by molar-refractivity contribution is 5.89. The van der Waals surface area contributed by atoms with Crippen LogP contribution in [0.2, 0.25) is 0 Å². The molecule has 0 aromatic heterocycles. The molecule has 1 saturated carbocycles. The second-order valence-electron chi connectivity index (χ2n) is 6.83. The van der Waals surface area contributed by atoms with Gasteiger partial charge in [0, 0.05) is 43.2 Å². The van der Waals surface area contributed by atoms with E-state index in [0.717, 1.165) is 37.2 Å². The van der Waals surface area contributed by atoms with Crippen molar-refractivity contribution in [2.45, 2.75) is 31.8 Å². The highest BCUT2D eigenvalue weighted by Crippen LogP contribution is 2.48. The zero-order valence-corrected chi connectivity index (χ0v) is 12.8. The maximum Gasteiger partial charge on any atom is 0.337 e. The number of hydrogen-bond donors (Lipinski definition) is 1. The van der Waals surface area contributed by atoms with Crippen LogP contribution in [-0.4, -0.2) is 43.7 Å². The van der Waals surface area contributed by atoms with Gasteiger partial charge in [-0.1, -0.05) is 0 Å². The third-order valence-corrected chi connectivity index (χ3v) is 5.76. The van der Waals surface area contributed by atoms with Gasteiger partial charge in [0.2, 0.25) is 0 Å². The summed E-state index contributed by atoms with van der Waals surface area (Å²) in [6.45, 7) is 3.81. The summed E-state index contributed by atoms with van der Waals surface area (Å²) in [5.74, 6) is -0.745. The van der Waals surface area contributed by atoms with Gasteiger partial charge in [-0.3, -0.25) is 4.90 Å². The molecule has 0 amide bonds. The lowest BCUT2D eigenvalue weighted by Crippen LogP contribution is -2.69. The number of nitrogens with zero attached hydrogens (tertiary/aromatic N) is 1. The summed E-state index contributed by atoms with van der Waals surface area (Å²) in [7, 11) is 1.32. The molecule has 1 N–H and O–H groups in total. The van der Waals surface area contributed by atoms with Crippen LogP contribution in [0.4, 0.5) is 4.39 Å². The normalized spacial score (nSPS) is 26.0. The van der Waals surface area contributed by atoms with Crippen LogP contribution in [-0.2, 0) is 17.7 Å². The first-order valence-electron chi connectivity index (χ1n) is 7.97. The average Bonchev–Trinajstić information content (AvgIpc) is 2.44. The number of carbonyl (C=O) groups is 1. The molecule has 1 aliphatic carbocycles. The summed E-state index contributed by atoms with van der Waals surface area (Å²) >= 11 is 0. The molecule has 0 bridgehead atoms. The Hall–Kier alpha value is -1.46. The minimum absolute atomic E-state index is 0.275. The number of carbonyl (C=O) groups excluding carboxylic acids is 1. The molecule has 0 radical (unpaired) electrons. The van der Waals surface area contributed by atoms with Crippen molar-refractivity contribution in [1.29, 1.82) is 0 Å². The molecule has 1 aromatic rings. The van der Waals surface area contributed by atoms with Crippen LogP contribution in [0.5, 0.6) is 0 Å². The van der Waals surface area contributed by atoms with Crippen LogP contribution in [0.1, 0.15) is 34.3 Å². The summed E-state index contributed by atoms with van der Waals surface area (Å²) in [6, 6.07) is 3.69. The molecule has 5 heteroatoms. The Balaban J connectivity index is 1.57. The Bertz CT molecular complexity index is 622. The molecule has 1 unspecified atom stereocenters. The van der Waals surface area contributed by atoms with E-state index in [0.29, 0.717) is 23.6 Å². The highest BCUT2D eigenvalue weighted by Gasteiger charge is 2.53. The maximum absolute atomic E-state index is 14.4. The van der Waals surface area contributed by atoms with Crippen molar-refractivity contribution in [3.8, 4) is 0 Å². The lowest BCUT2D eigenvalue weighted by Gasteiger charge is -2.60. The van der Waals surface area contributed by atoms with Crippen molar-refractivity contribution < 1.29 is 13.9 Å². The van der Waals surface area contributed by atoms with Gasteiger partial charge < -0.3 is 10.1 Å². The SMILES string of the molecule is COC(=O)c1cc(F)c2c(c1)CCN(C1CCC13CNC3)C2. The van der Waals surface area contributed by atoms with E-state index in [1.165, 1.54) is 26.0 Å². The Labute approximate surface area is 129 Å². The van der Waals surface area contributed by atoms with Crippen LogP contribution in [0.25, 0.3) is 0 Å². The van der Waals surface area contributed by atoms with Crippen molar-refractivity contribution >= 4 is 5.97 Å². The van der Waals surface area contributed by atoms with E-state index in [-0.39, 0.29) is 5.82 Å². The second-order valence-corrected chi connectivity index (χ2v) is 6.83. The van der Waals surface area contributed by atoms with Crippen LogP contribution >= 0.6 is 0 Å².